The standard InChI is InChI=1S/C21H30N2O5/c1-5-11-23(6-2)12-7-8-16-9-10-17-13-18(22-15(3)24)21(25)28-20(17)19(16)27-14-26-4/h9-10,13H,5-8,11-12,14H2,1-4H3,(H,22,24). The lowest BCUT2D eigenvalue weighted by Gasteiger charge is -2.20. The summed E-state index contributed by atoms with van der Waals surface area (Å²) in [6.45, 7) is 8.86. The van der Waals surface area contributed by atoms with Gasteiger partial charge in [0.15, 0.2) is 18.1 Å². The SMILES string of the molecule is CCCN(CC)CCCc1ccc2cc(NC(C)=O)c(=O)oc2c1OCOC. The molecule has 0 radical (unpaired) electrons. The van der Waals surface area contributed by atoms with Crippen molar-refractivity contribution >= 4 is 22.6 Å². The van der Waals surface area contributed by atoms with Crippen molar-refractivity contribution < 1.29 is 18.7 Å². The first kappa shape index (κ1) is 21.9. The summed E-state index contributed by atoms with van der Waals surface area (Å²) in [5.74, 6) is 0.191. The van der Waals surface area contributed by atoms with Crippen LogP contribution in [-0.2, 0) is 16.0 Å². The molecule has 0 atom stereocenters. The van der Waals surface area contributed by atoms with Crippen molar-refractivity contribution in [2.75, 3.05) is 38.9 Å². The second-order valence-corrected chi connectivity index (χ2v) is 6.69. The number of carbonyl (C=O) groups excluding carboxylic acids is 1. The van der Waals surface area contributed by atoms with E-state index in [9.17, 15) is 9.59 Å². The molecule has 1 aromatic carbocycles. The minimum absolute atomic E-state index is 0.0557. The third-order valence-electron chi connectivity index (χ3n) is 4.48. The van der Waals surface area contributed by atoms with E-state index in [0.717, 1.165) is 44.5 Å². The van der Waals surface area contributed by atoms with E-state index in [4.69, 9.17) is 13.9 Å². The lowest BCUT2D eigenvalue weighted by Crippen LogP contribution is -2.25. The monoisotopic (exact) mass is 390 g/mol. The molecule has 1 heterocycles. The summed E-state index contributed by atoms with van der Waals surface area (Å²) in [6.07, 6.45) is 2.90. The molecule has 0 fully saturated rings. The molecule has 7 nitrogen and oxygen atoms in total. The van der Waals surface area contributed by atoms with Gasteiger partial charge in [-0.1, -0.05) is 26.0 Å². The van der Waals surface area contributed by atoms with Crippen LogP contribution in [0.1, 0.15) is 39.2 Å². The average Bonchev–Trinajstić information content (AvgIpc) is 2.66. The van der Waals surface area contributed by atoms with Crippen molar-refractivity contribution in [1.29, 1.82) is 0 Å². The van der Waals surface area contributed by atoms with Gasteiger partial charge in [-0.2, -0.15) is 0 Å². The van der Waals surface area contributed by atoms with Crippen LogP contribution in [0.4, 0.5) is 5.69 Å². The Labute approximate surface area is 165 Å². The molecule has 1 N–H and O–H groups in total. The van der Waals surface area contributed by atoms with Gasteiger partial charge in [0.2, 0.25) is 5.91 Å². The molecule has 0 aliphatic carbocycles. The first-order chi connectivity index (χ1) is 13.5. The number of fused-ring (bicyclic) bond motifs is 1. The van der Waals surface area contributed by atoms with Gasteiger partial charge >= 0.3 is 5.63 Å². The predicted octanol–water partition coefficient (Wildman–Crippen LogP) is 3.40. The van der Waals surface area contributed by atoms with Crippen molar-refractivity contribution in [2.24, 2.45) is 0 Å². The molecular formula is C21H30N2O5. The van der Waals surface area contributed by atoms with Crippen LogP contribution >= 0.6 is 0 Å². The minimum atomic E-state index is -0.609. The summed E-state index contributed by atoms with van der Waals surface area (Å²) in [5, 5.41) is 3.17. The van der Waals surface area contributed by atoms with E-state index in [-0.39, 0.29) is 18.4 Å². The number of benzene rings is 1. The second kappa shape index (κ2) is 10.8. The third kappa shape index (κ3) is 5.81. The van der Waals surface area contributed by atoms with Crippen molar-refractivity contribution in [3.05, 3.63) is 34.2 Å². The molecule has 0 saturated heterocycles. The number of nitrogens with zero attached hydrogens (tertiary/aromatic N) is 1. The van der Waals surface area contributed by atoms with Crippen LogP contribution in [0.3, 0.4) is 0 Å². The van der Waals surface area contributed by atoms with Crippen molar-refractivity contribution in [3.8, 4) is 5.75 Å². The predicted molar refractivity (Wildman–Crippen MR) is 110 cm³/mol. The number of aryl methyl sites for hydroxylation is 1. The van der Waals surface area contributed by atoms with E-state index in [1.54, 1.807) is 13.2 Å². The summed E-state index contributed by atoms with van der Waals surface area (Å²) in [5.41, 5.74) is 0.841. The quantitative estimate of drug-likeness (QED) is 0.468. The zero-order valence-corrected chi connectivity index (χ0v) is 17.2. The number of anilines is 1. The molecule has 0 spiro atoms. The Kier molecular flexibility index (Phi) is 8.47. The molecule has 1 aromatic heterocycles. The molecule has 0 aliphatic rings. The summed E-state index contributed by atoms with van der Waals surface area (Å²) >= 11 is 0. The zero-order chi connectivity index (χ0) is 20.5. The largest absolute Gasteiger partial charge is 0.463 e. The van der Waals surface area contributed by atoms with E-state index in [1.807, 2.05) is 12.1 Å². The lowest BCUT2D eigenvalue weighted by molar-refractivity contribution is -0.114. The fraction of sp³-hybridized carbons (Fsp3) is 0.524. The van der Waals surface area contributed by atoms with Crippen LogP contribution in [0, 0.1) is 0 Å². The zero-order valence-electron chi connectivity index (χ0n) is 17.2. The third-order valence-corrected chi connectivity index (χ3v) is 4.48. The maximum absolute atomic E-state index is 12.2. The Balaban J connectivity index is 2.31. The van der Waals surface area contributed by atoms with Crippen molar-refractivity contribution in [3.63, 3.8) is 0 Å². The number of ether oxygens (including phenoxy) is 2. The fourth-order valence-electron chi connectivity index (χ4n) is 3.19. The van der Waals surface area contributed by atoms with Crippen LogP contribution in [0.5, 0.6) is 5.75 Å². The molecule has 28 heavy (non-hydrogen) atoms. The molecule has 2 rings (SSSR count). The Hall–Kier alpha value is -2.38. The molecular weight excluding hydrogens is 360 g/mol. The highest BCUT2D eigenvalue weighted by Crippen LogP contribution is 2.31. The Bertz CT molecular complexity index is 847. The van der Waals surface area contributed by atoms with Gasteiger partial charge in [0.25, 0.3) is 0 Å². The molecule has 7 heteroatoms. The lowest BCUT2D eigenvalue weighted by atomic mass is 10.1. The van der Waals surface area contributed by atoms with Gasteiger partial charge in [0.05, 0.1) is 0 Å². The van der Waals surface area contributed by atoms with E-state index < -0.39 is 5.63 Å². The molecule has 0 bridgehead atoms. The van der Waals surface area contributed by atoms with Gasteiger partial charge in [-0.05, 0) is 50.5 Å². The van der Waals surface area contributed by atoms with E-state index >= 15 is 0 Å². The molecule has 0 saturated carbocycles. The molecule has 2 aromatic rings. The molecule has 1 amide bonds. The maximum atomic E-state index is 12.2. The summed E-state index contributed by atoms with van der Waals surface area (Å²) in [7, 11) is 1.54. The maximum Gasteiger partial charge on any atom is 0.360 e. The van der Waals surface area contributed by atoms with E-state index in [0.29, 0.717) is 16.7 Å². The smallest absolute Gasteiger partial charge is 0.360 e. The fourth-order valence-corrected chi connectivity index (χ4v) is 3.19. The van der Waals surface area contributed by atoms with Gasteiger partial charge in [-0.15, -0.1) is 0 Å². The normalized spacial score (nSPS) is 11.2. The number of hydrogen-bond acceptors (Lipinski definition) is 6. The first-order valence-electron chi connectivity index (χ1n) is 9.71. The van der Waals surface area contributed by atoms with Crippen LogP contribution < -0.4 is 15.7 Å². The highest BCUT2D eigenvalue weighted by atomic mass is 16.7. The minimum Gasteiger partial charge on any atom is -0.463 e. The molecule has 0 unspecified atom stereocenters. The second-order valence-electron chi connectivity index (χ2n) is 6.69. The Morgan fingerprint density at radius 2 is 2.04 bits per heavy atom. The molecule has 154 valence electrons. The Morgan fingerprint density at radius 3 is 2.68 bits per heavy atom. The first-order valence-corrected chi connectivity index (χ1v) is 9.71. The highest BCUT2D eigenvalue weighted by Gasteiger charge is 2.15. The van der Waals surface area contributed by atoms with Gasteiger partial charge in [0.1, 0.15) is 5.69 Å². The average molecular weight is 390 g/mol. The number of rotatable bonds is 11. The Morgan fingerprint density at radius 1 is 1.25 bits per heavy atom. The number of nitrogens with one attached hydrogen (secondary N) is 1. The summed E-state index contributed by atoms with van der Waals surface area (Å²) in [4.78, 5) is 25.9. The van der Waals surface area contributed by atoms with Crippen molar-refractivity contribution in [2.45, 2.75) is 40.0 Å². The van der Waals surface area contributed by atoms with Gasteiger partial charge in [0, 0.05) is 19.4 Å². The van der Waals surface area contributed by atoms with Crippen LogP contribution in [0.15, 0.2) is 27.4 Å². The number of hydrogen-bond donors (Lipinski definition) is 1. The van der Waals surface area contributed by atoms with Gasteiger partial charge < -0.3 is 24.1 Å². The van der Waals surface area contributed by atoms with Crippen LogP contribution in [-0.4, -0.2) is 44.3 Å². The highest BCUT2D eigenvalue weighted by molar-refractivity contribution is 5.92. The molecule has 0 aliphatic heterocycles. The summed E-state index contributed by atoms with van der Waals surface area (Å²) < 4.78 is 16.3. The van der Waals surface area contributed by atoms with Crippen LogP contribution in [0.2, 0.25) is 0 Å². The van der Waals surface area contributed by atoms with Gasteiger partial charge in [-0.25, -0.2) is 4.79 Å². The number of carbonyl (C=O) groups is 1. The van der Waals surface area contributed by atoms with Crippen molar-refractivity contribution in [1.82, 2.24) is 4.90 Å². The van der Waals surface area contributed by atoms with Crippen LogP contribution in [0.25, 0.3) is 11.0 Å². The number of amides is 1. The van der Waals surface area contributed by atoms with Gasteiger partial charge in [-0.3, -0.25) is 4.79 Å². The topological polar surface area (TPSA) is 81.0 Å². The van der Waals surface area contributed by atoms with E-state index in [1.165, 1.54) is 6.92 Å². The summed E-state index contributed by atoms with van der Waals surface area (Å²) in [6, 6.07) is 5.45. The van der Waals surface area contributed by atoms with E-state index in [2.05, 4.69) is 24.1 Å². The number of methoxy groups -OCH3 is 1.